The molecule has 1 aliphatic carbocycles. The molecule has 3 atom stereocenters. The first-order valence-corrected chi connectivity index (χ1v) is 6.07. The Hall–Kier alpha value is -0.730. The van der Waals surface area contributed by atoms with Crippen LogP contribution in [-0.4, -0.2) is 49.0 Å². The summed E-state index contributed by atoms with van der Waals surface area (Å²) in [6.07, 6.45) is 5.42. The van der Waals surface area contributed by atoms with E-state index >= 15 is 0 Å². The average molecular weight is 209 g/mol. The Labute approximate surface area is 93.2 Å². The lowest BCUT2D eigenvalue weighted by Crippen LogP contribution is -2.34. The number of likely N-dealkylation sites (N-methyl/N-ethyl adjacent to an activating group) is 2. The maximum Gasteiger partial charge on any atom is 0.196 e. The molecule has 15 heavy (non-hydrogen) atoms. The van der Waals surface area contributed by atoms with Crippen molar-refractivity contribution in [3.63, 3.8) is 0 Å². The second kappa shape index (κ2) is 4.03. The fourth-order valence-corrected chi connectivity index (χ4v) is 3.28. The van der Waals surface area contributed by atoms with Crippen LogP contribution in [0.3, 0.4) is 0 Å². The van der Waals surface area contributed by atoms with Crippen LogP contribution in [0.25, 0.3) is 0 Å². The summed E-state index contributed by atoms with van der Waals surface area (Å²) >= 11 is 0. The molecule has 0 radical (unpaired) electrons. The van der Waals surface area contributed by atoms with Gasteiger partial charge in [0.1, 0.15) is 0 Å². The standard InChI is InChI=1S/C12H23N3/c1-9-6-5-7-10-11(8-9)15(4)12(13-2)14(10)3/h9-11H,5-8H2,1-4H3/b13-12+. The Morgan fingerprint density at radius 1 is 1.13 bits per heavy atom. The monoisotopic (exact) mass is 209 g/mol. The third-order valence-corrected chi connectivity index (χ3v) is 4.11. The van der Waals surface area contributed by atoms with Crippen LogP contribution in [-0.2, 0) is 0 Å². The normalized spacial score (nSPS) is 39.5. The molecule has 0 amide bonds. The van der Waals surface area contributed by atoms with Gasteiger partial charge in [0.05, 0.1) is 12.1 Å². The third-order valence-electron chi connectivity index (χ3n) is 4.11. The highest BCUT2D eigenvalue weighted by atomic mass is 15.4. The minimum Gasteiger partial charge on any atom is -0.341 e. The Morgan fingerprint density at radius 2 is 1.80 bits per heavy atom. The summed E-state index contributed by atoms with van der Waals surface area (Å²) < 4.78 is 0. The van der Waals surface area contributed by atoms with Crippen molar-refractivity contribution in [3.05, 3.63) is 0 Å². The molecule has 0 bridgehead atoms. The van der Waals surface area contributed by atoms with Gasteiger partial charge in [-0.2, -0.15) is 0 Å². The van der Waals surface area contributed by atoms with Crippen molar-refractivity contribution in [3.8, 4) is 0 Å². The van der Waals surface area contributed by atoms with Crippen molar-refractivity contribution in [2.45, 2.75) is 44.7 Å². The number of fused-ring (bicyclic) bond motifs is 1. The van der Waals surface area contributed by atoms with E-state index in [0.29, 0.717) is 12.1 Å². The van der Waals surface area contributed by atoms with Gasteiger partial charge < -0.3 is 9.80 Å². The fourth-order valence-electron chi connectivity index (χ4n) is 3.28. The predicted octanol–water partition coefficient (Wildman–Crippen LogP) is 1.80. The molecule has 0 aromatic carbocycles. The van der Waals surface area contributed by atoms with Gasteiger partial charge in [0, 0.05) is 21.1 Å². The molecule has 0 aromatic heterocycles. The second-order valence-electron chi connectivity index (χ2n) is 5.15. The molecule has 1 aliphatic heterocycles. The number of rotatable bonds is 0. The van der Waals surface area contributed by atoms with Crippen molar-refractivity contribution >= 4 is 5.96 Å². The number of guanidine groups is 1. The summed E-state index contributed by atoms with van der Waals surface area (Å²) in [5.41, 5.74) is 0. The smallest absolute Gasteiger partial charge is 0.196 e. The van der Waals surface area contributed by atoms with E-state index in [4.69, 9.17) is 0 Å². The predicted molar refractivity (Wildman–Crippen MR) is 64.1 cm³/mol. The molecule has 86 valence electrons. The van der Waals surface area contributed by atoms with Crippen LogP contribution in [0, 0.1) is 5.92 Å². The van der Waals surface area contributed by atoms with Gasteiger partial charge in [0.25, 0.3) is 0 Å². The van der Waals surface area contributed by atoms with Crippen LogP contribution >= 0.6 is 0 Å². The van der Waals surface area contributed by atoms with Crippen LogP contribution in [0.4, 0.5) is 0 Å². The van der Waals surface area contributed by atoms with Crippen LogP contribution < -0.4 is 0 Å². The Bertz CT molecular complexity index is 262. The van der Waals surface area contributed by atoms with Crippen LogP contribution in [0.5, 0.6) is 0 Å². The van der Waals surface area contributed by atoms with Crippen LogP contribution in [0.1, 0.15) is 32.6 Å². The lowest BCUT2D eigenvalue weighted by molar-refractivity contribution is 0.276. The minimum atomic E-state index is 0.686. The first kappa shape index (κ1) is 10.8. The van der Waals surface area contributed by atoms with E-state index in [1.54, 1.807) is 0 Å². The molecule has 0 aromatic rings. The van der Waals surface area contributed by atoms with Crippen molar-refractivity contribution in [1.82, 2.24) is 9.80 Å². The number of hydrogen-bond donors (Lipinski definition) is 0. The third kappa shape index (κ3) is 1.72. The Morgan fingerprint density at radius 3 is 2.47 bits per heavy atom. The molecular formula is C12H23N3. The zero-order chi connectivity index (χ0) is 11.0. The maximum absolute atomic E-state index is 4.40. The van der Waals surface area contributed by atoms with E-state index < -0.39 is 0 Å². The van der Waals surface area contributed by atoms with E-state index in [1.165, 1.54) is 31.6 Å². The molecule has 1 saturated carbocycles. The minimum absolute atomic E-state index is 0.686. The highest BCUT2D eigenvalue weighted by Crippen LogP contribution is 2.33. The molecule has 2 rings (SSSR count). The maximum atomic E-state index is 4.40. The lowest BCUT2D eigenvalue weighted by atomic mass is 9.98. The van der Waals surface area contributed by atoms with Crippen LogP contribution in [0.15, 0.2) is 4.99 Å². The number of hydrogen-bond acceptors (Lipinski definition) is 1. The summed E-state index contributed by atoms with van der Waals surface area (Å²) in [6, 6.07) is 1.38. The van der Waals surface area contributed by atoms with Gasteiger partial charge in [-0.1, -0.05) is 19.8 Å². The SMILES string of the molecule is C/N=C1\N(C)C2CCCC(C)CC2N1C. The molecule has 0 spiro atoms. The van der Waals surface area contributed by atoms with Gasteiger partial charge in [-0.15, -0.1) is 0 Å². The second-order valence-corrected chi connectivity index (χ2v) is 5.15. The van der Waals surface area contributed by atoms with E-state index in [0.717, 1.165) is 5.92 Å². The van der Waals surface area contributed by atoms with Gasteiger partial charge in [0.2, 0.25) is 0 Å². The summed E-state index contributed by atoms with van der Waals surface area (Å²) in [6.45, 7) is 2.39. The van der Waals surface area contributed by atoms with E-state index in [9.17, 15) is 0 Å². The van der Waals surface area contributed by atoms with Crippen molar-refractivity contribution < 1.29 is 0 Å². The van der Waals surface area contributed by atoms with Gasteiger partial charge in [0.15, 0.2) is 5.96 Å². The average Bonchev–Trinajstić information content (AvgIpc) is 2.39. The molecule has 1 saturated heterocycles. The summed E-state index contributed by atoms with van der Waals surface area (Å²) in [5, 5.41) is 0. The zero-order valence-electron chi connectivity index (χ0n) is 10.4. The quantitative estimate of drug-likeness (QED) is 0.606. The molecule has 0 N–H and O–H groups in total. The first-order chi connectivity index (χ1) is 7.15. The number of nitrogens with zero attached hydrogens (tertiary/aromatic N) is 3. The van der Waals surface area contributed by atoms with Crippen LogP contribution in [0.2, 0.25) is 0 Å². The summed E-state index contributed by atoms with van der Waals surface area (Å²) in [5.74, 6) is 2.03. The van der Waals surface area contributed by atoms with E-state index in [1.807, 2.05) is 7.05 Å². The molecule has 1 heterocycles. The largest absolute Gasteiger partial charge is 0.341 e. The Kier molecular flexibility index (Phi) is 2.89. The summed E-state index contributed by atoms with van der Waals surface area (Å²) in [7, 11) is 6.29. The van der Waals surface area contributed by atoms with E-state index in [-0.39, 0.29) is 0 Å². The van der Waals surface area contributed by atoms with Gasteiger partial charge in [-0.25, -0.2) is 0 Å². The number of aliphatic imine (C=N–C) groups is 1. The molecular weight excluding hydrogens is 186 g/mol. The van der Waals surface area contributed by atoms with Crippen molar-refractivity contribution in [1.29, 1.82) is 0 Å². The highest BCUT2D eigenvalue weighted by molar-refractivity contribution is 5.82. The van der Waals surface area contributed by atoms with Crippen molar-refractivity contribution in [2.24, 2.45) is 10.9 Å². The lowest BCUT2D eigenvalue weighted by Gasteiger charge is -2.24. The highest BCUT2D eigenvalue weighted by Gasteiger charge is 2.41. The first-order valence-electron chi connectivity index (χ1n) is 6.07. The van der Waals surface area contributed by atoms with E-state index in [2.05, 4.69) is 35.8 Å². The van der Waals surface area contributed by atoms with Gasteiger partial charge >= 0.3 is 0 Å². The Balaban J connectivity index is 2.22. The van der Waals surface area contributed by atoms with Gasteiger partial charge in [-0.3, -0.25) is 4.99 Å². The molecule has 3 heteroatoms. The molecule has 3 nitrogen and oxygen atoms in total. The molecule has 3 unspecified atom stereocenters. The summed E-state index contributed by atoms with van der Waals surface area (Å²) in [4.78, 5) is 9.16. The molecule has 2 fully saturated rings. The fraction of sp³-hybridized carbons (Fsp3) is 0.917. The topological polar surface area (TPSA) is 18.8 Å². The molecule has 2 aliphatic rings. The van der Waals surface area contributed by atoms with Gasteiger partial charge in [-0.05, 0) is 18.8 Å². The van der Waals surface area contributed by atoms with Crippen molar-refractivity contribution in [2.75, 3.05) is 21.1 Å². The zero-order valence-corrected chi connectivity index (χ0v) is 10.4.